The minimum Gasteiger partial charge on any atom is -0.341 e. The number of aromatic nitrogens is 5. The van der Waals surface area contributed by atoms with Crippen molar-refractivity contribution in [1.82, 2.24) is 24.9 Å². The third kappa shape index (κ3) is 3.56. The molecular weight excluding hydrogens is 288 g/mol. The molecule has 8 nitrogen and oxygen atoms in total. The highest BCUT2D eigenvalue weighted by Gasteiger charge is 2.16. The van der Waals surface area contributed by atoms with E-state index in [9.17, 15) is 0 Å². The Kier molecular flexibility index (Phi) is 4.41. The zero-order valence-corrected chi connectivity index (χ0v) is 12.3. The Morgan fingerprint density at radius 2 is 2.00 bits per heavy atom. The largest absolute Gasteiger partial charge is 0.341 e. The summed E-state index contributed by atoms with van der Waals surface area (Å²) in [5.74, 6) is 6.48. The van der Waals surface area contributed by atoms with Crippen molar-refractivity contribution in [2.75, 3.05) is 23.4 Å². The van der Waals surface area contributed by atoms with E-state index in [1.807, 2.05) is 6.07 Å². The topological polar surface area (TPSA) is 106 Å². The second-order valence-corrected chi connectivity index (χ2v) is 5.57. The second-order valence-electron chi connectivity index (χ2n) is 4.58. The first kappa shape index (κ1) is 14.0. The first-order valence-corrected chi connectivity index (χ1v) is 7.58. The van der Waals surface area contributed by atoms with Gasteiger partial charge in [0, 0.05) is 19.3 Å². The number of anilines is 2. The lowest BCUT2D eigenvalue weighted by Crippen LogP contribution is -2.31. The SMILES string of the molecule is NNc1nc(Sc2ccncn2)nc(N2CCCCC2)n1. The van der Waals surface area contributed by atoms with Crippen LogP contribution in [0, 0.1) is 0 Å². The number of nitrogen functional groups attached to an aromatic ring is 1. The van der Waals surface area contributed by atoms with E-state index < -0.39 is 0 Å². The van der Waals surface area contributed by atoms with E-state index in [2.05, 4.69) is 35.2 Å². The Morgan fingerprint density at radius 3 is 2.71 bits per heavy atom. The van der Waals surface area contributed by atoms with Crippen molar-refractivity contribution in [2.45, 2.75) is 29.4 Å². The molecule has 1 fully saturated rings. The van der Waals surface area contributed by atoms with Gasteiger partial charge in [0.2, 0.25) is 17.1 Å². The molecule has 0 radical (unpaired) electrons. The Morgan fingerprint density at radius 1 is 1.14 bits per heavy atom. The van der Waals surface area contributed by atoms with E-state index in [4.69, 9.17) is 5.84 Å². The van der Waals surface area contributed by atoms with Crippen LogP contribution in [0.3, 0.4) is 0 Å². The van der Waals surface area contributed by atoms with E-state index in [1.165, 1.54) is 24.5 Å². The minimum atomic E-state index is 0.363. The molecular formula is C12H16N8S. The van der Waals surface area contributed by atoms with Crippen LogP contribution in [0.25, 0.3) is 0 Å². The zero-order chi connectivity index (χ0) is 14.5. The standard InChI is InChI=1S/C12H16N8S/c13-19-10-16-11(20-6-2-1-3-7-20)18-12(17-10)21-9-4-5-14-8-15-9/h4-5,8H,1-3,6-7,13H2,(H,16,17,18,19). The summed E-state index contributed by atoms with van der Waals surface area (Å²) in [6.07, 6.45) is 6.75. The fourth-order valence-electron chi connectivity index (χ4n) is 2.12. The third-order valence-electron chi connectivity index (χ3n) is 3.12. The average Bonchev–Trinajstić information content (AvgIpc) is 2.56. The summed E-state index contributed by atoms with van der Waals surface area (Å²) in [5.41, 5.74) is 2.50. The average molecular weight is 304 g/mol. The predicted molar refractivity (Wildman–Crippen MR) is 79.9 cm³/mol. The van der Waals surface area contributed by atoms with Crippen molar-refractivity contribution in [3.05, 3.63) is 18.6 Å². The molecule has 0 aromatic carbocycles. The van der Waals surface area contributed by atoms with Gasteiger partial charge in [-0.1, -0.05) is 0 Å². The monoisotopic (exact) mass is 304 g/mol. The molecule has 21 heavy (non-hydrogen) atoms. The van der Waals surface area contributed by atoms with Gasteiger partial charge in [-0.3, -0.25) is 5.43 Å². The highest BCUT2D eigenvalue weighted by atomic mass is 32.2. The number of piperidine rings is 1. The van der Waals surface area contributed by atoms with Crippen LogP contribution in [-0.4, -0.2) is 38.0 Å². The predicted octanol–water partition coefficient (Wildman–Crippen LogP) is 1.09. The molecule has 1 aliphatic rings. The van der Waals surface area contributed by atoms with Gasteiger partial charge in [0.25, 0.3) is 0 Å². The highest BCUT2D eigenvalue weighted by molar-refractivity contribution is 7.99. The normalized spacial score (nSPS) is 15.0. The number of hydrazine groups is 1. The van der Waals surface area contributed by atoms with Gasteiger partial charge in [-0.2, -0.15) is 15.0 Å². The Bertz CT molecular complexity index is 587. The van der Waals surface area contributed by atoms with Crippen molar-refractivity contribution in [3.63, 3.8) is 0 Å². The van der Waals surface area contributed by atoms with Crippen LogP contribution >= 0.6 is 11.8 Å². The zero-order valence-electron chi connectivity index (χ0n) is 11.4. The lowest BCUT2D eigenvalue weighted by Gasteiger charge is -2.26. The fraction of sp³-hybridized carbons (Fsp3) is 0.417. The van der Waals surface area contributed by atoms with Gasteiger partial charge in [-0.15, -0.1) is 0 Å². The molecule has 1 aliphatic heterocycles. The first-order valence-electron chi connectivity index (χ1n) is 6.76. The molecule has 3 N–H and O–H groups in total. The van der Waals surface area contributed by atoms with Gasteiger partial charge in [-0.05, 0) is 37.1 Å². The van der Waals surface area contributed by atoms with Gasteiger partial charge in [0.1, 0.15) is 11.4 Å². The Labute approximate surface area is 126 Å². The smallest absolute Gasteiger partial charge is 0.242 e. The summed E-state index contributed by atoms with van der Waals surface area (Å²) in [6, 6.07) is 1.81. The van der Waals surface area contributed by atoms with E-state index >= 15 is 0 Å². The summed E-state index contributed by atoms with van der Waals surface area (Å²) in [7, 11) is 0. The third-order valence-corrected chi connectivity index (χ3v) is 3.94. The molecule has 3 rings (SSSR count). The highest BCUT2D eigenvalue weighted by Crippen LogP contribution is 2.25. The van der Waals surface area contributed by atoms with Crippen LogP contribution in [-0.2, 0) is 0 Å². The molecule has 1 saturated heterocycles. The molecule has 9 heteroatoms. The van der Waals surface area contributed by atoms with Gasteiger partial charge in [0.05, 0.1) is 0 Å². The van der Waals surface area contributed by atoms with Crippen molar-refractivity contribution >= 4 is 23.7 Å². The first-order chi connectivity index (χ1) is 10.3. The summed E-state index contributed by atoms with van der Waals surface area (Å²) >= 11 is 1.36. The lowest BCUT2D eigenvalue weighted by molar-refractivity contribution is 0.565. The molecule has 0 unspecified atom stereocenters. The molecule has 0 spiro atoms. The maximum absolute atomic E-state index is 5.45. The van der Waals surface area contributed by atoms with Gasteiger partial charge in [0.15, 0.2) is 0 Å². The second kappa shape index (κ2) is 6.64. The number of nitrogens with two attached hydrogens (primary N) is 1. The molecule has 3 heterocycles. The van der Waals surface area contributed by atoms with Gasteiger partial charge < -0.3 is 4.90 Å². The molecule has 110 valence electrons. The lowest BCUT2D eigenvalue weighted by atomic mass is 10.1. The van der Waals surface area contributed by atoms with Crippen LogP contribution in [0.15, 0.2) is 28.8 Å². The molecule has 2 aromatic rings. The summed E-state index contributed by atoms with van der Waals surface area (Å²) < 4.78 is 0. The summed E-state index contributed by atoms with van der Waals surface area (Å²) in [6.45, 7) is 1.93. The molecule has 0 atom stereocenters. The summed E-state index contributed by atoms with van der Waals surface area (Å²) in [4.78, 5) is 23.3. The number of nitrogens with one attached hydrogen (secondary N) is 1. The molecule has 0 amide bonds. The fourth-order valence-corrected chi connectivity index (χ4v) is 2.80. The Balaban J connectivity index is 1.85. The van der Waals surface area contributed by atoms with E-state index in [1.54, 1.807) is 6.20 Å². The number of hydrogen-bond acceptors (Lipinski definition) is 9. The van der Waals surface area contributed by atoms with Gasteiger partial charge >= 0.3 is 0 Å². The quantitative estimate of drug-likeness (QED) is 0.487. The Hall–Kier alpha value is -2.00. The van der Waals surface area contributed by atoms with E-state index in [-0.39, 0.29) is 0 Å². The maximum atomic E-state index is 5.45. The van der Waals surface area contributed by atoms with Gasteiger partial charge in [-0.25, -0.2) is 15.8 Å². The summed E-state index contributed by atoms with van der Waals surface area (Å²) in [5, 5.41) is 1.35. The van der Waals surface area contributed by atoms with Crippen molar-refractivity contribution in [2.24, 2.45) is 5.84 Å². The van der Waals surface area contributed by atoms with Crippen molar-refractivity contribution < 1.29 is 0 Å². The minimum absolute atomic E-state index is 0.363. The maximum Gasteiger partial charge on any atom is 0.242 e. The molecule has 0 saturated carbocycles. The van der Waals surface area contributed by atoms with Crippen LogP contribution in [0.5, 0.6) is 0 Å². The molecule has 0 aliphatic carbocycles. The van der Waals surface area contributed by atoms with Crippen molar-refractivity contribution in [3.8, 4) is 0 Å². The molecule has 0 bridgehead atoms. The van der Waals surface area contributed by atoms with Crippen LogP contribution in [0.4, 0.5) is 11.9 Å². The van der Waals surface area contributed by atoms with Crippen LogP contribution in [0.2, 0.25) is 0 Å². The van der Waals surface area contributed by atoms with Crippen LogP contribution in [0.1, 0.15) is 19.3 Å². The van der Waals surface area contributed by atoms with E-state index in [0.717, 1.165) is 31.0 Å². The number of hydrogen-bond donors (Lipinski definition) is 2. The van der Waals surface area contributed by atoms with E-state index in [0.29, 0.717) is 17.1 Å². The van der Waals surface area contributed by atoms with Crippen molar-refractivity contribution in [1.29, 1.82) is 0 Å². The number of rotatable bonds is 4. The molecule has 2 aromatic heterocycles. The van der Waals surface area contributed by atoms with Crippen LogP contribution < -0.4 is 16.2 Å². The number of nitrogens with zero attached hydrogens (tertiary/aromatic N) is 6.